The molecule has 3 N–H and O–H groups in total. The highest BCUT2D eigenvalue weighted by atomic mass is 16.6. The molecule has 1 aromatic rings. The maximum Gasteiger partial charge on any atom is 0.431 e. The zero-order chi connectivity index (χ0) is 12.1. The molecule has 0 saturated heterocycles. The highest BCUT2D eigenvalue weighted by Gasteiger charge is 2.23. The minimum absolute atomic E-state index is 0.119. The zero-order valence-electron chi connectivity index (χ0n) is 8.87. The van der Waals surface area contributed by atoms with Crippen LogP contribution in [-0.4, -0.2) is 38.2 Å². The lowest BCUT2D eigenvalue weighted by molar-refractivity contribution is -0.102. The number of hydrogen-bond acceptors (Lipinski definition) is 4. The van der Waals surface area contributed by atoms with Crippen molar-refractivity contribution in [3.63, 3.8) is 0 Å². The first-order chi connectivity index (χ1) is 7.56. The molecule has 1 atom stereocenters. The molecule has 0 aliphatic heterocycles. The molecule has 0 unspecified atom stereocenters. The average molecular weight is 226 g/mol. The third-order valence-electron chi connectivity index (χ3n) is 2.21. The van der Waals surface area contributed by atoms with Gasteiger partial charge in [0.2, 0.25) is 0 Å². The number of hydroxylamine groups is 2. The van der Waals surface area contributed by atoms with Crippen molar-refractivity contribution >= 4 is 6.09 Å². The molecule has 0 aromatic carbocycles. The third-order valence-corrected chi connectivity index (χ3v) is 2.21. The normalized spacial score (nSPS) is 12.2. The van der Waals surface area contributed by atoms with E-state index in [4.69, 9.17) is 10.2 Å². The highest BCUT2D eigenvalue weighted by molar-refractivity contribution is 5.64. The topological polar surface area (TPSA) is 93.9 Å². The van der Waals surface area contributed by atoms with Gasteiger partial charge in [-0.2, -0.15) is 5.06 Å². The van der Waals surface area contributed by atoms with Gasteiger partial charge in [-0.15, -0.1) is 0 Å². The number of aliphatic hydroxyl groups excluding tert-OH is 1. The van der Waals surface area contributed by atoms with Crippen molar-refractivity contribution < 1.29 is 20.2 Å². The Morgan fingerprint density at radius 1 is 1.56 bits per heavy atom. The summed E-state index contributed by atoms with van der Waals surface area (Å²) in [7, 11) is 0. The molecule has 0 aliphatic carbocycles. The maximum atomic E-state index is 10.6. The van der Waals surface area contributed by atoms with E-state index in [-0.39, 0.29) is 18.1 Å². The Balaban J connectivity index is 2.92. The molecule has 0 aliphatic rings. The molecule has 0 bridgehead atoms. The molecule has 1 aromatic heterocycles. The fourth-order valence-corrected chi connectivity index (χ4v) is 1.36. The quantitative estimate of drug-likeness (QED) is 0.529. The largest absolute Gasteiger partial charge is 0.463 e. The first-order valence-corrected chi connectivity index (χ1v) is 4.80. The number of nitrogens with zero attached hydrogens (tertiary/aromatic N) is 2. The van der Waals surface area contributed by atoms with Crippen molar-refractivity contribution in [2.75, 3.05) is 6.61 Å². The lowest BCUT2D eigenvalue weighted by Crippen LogP contribution is -2.31. The molecule has 6 nitrogen and oxygen atoms in total. The van der Waals surface area contributed by atoms with Gasteiger partial charge >= 0.3 is 6.09 Å². The second-order valence-corrected chi connectivity index (χ2v) is 3.39. The lowest BCUT2D eigenvalue weighted by Gasteiger charge is -2.22. The molecule has 1 amide bonds. The van der Waals surface area contributed by atoms with Crippen LogP contribution in [-0.2, 0) is 0 Å². The fraction of sp³-hybridized carbons (Fsp3) is 0.400. The summed E-state index contributed by atoms with van der Waals surface area (Å²) in [5.74, 6) is 0. The Hall–Kier alpha value is -1.66. The van der Waals surface area contributed by atoms with Gasteiger partial charge in [-0.25, -0.2) is 4.79 Å². The number of aryl methyl sites for hydroxylation is 1. The van der Waals surface area contributed by atoms with Crippen LogP contribution >= 0.6 is 0 Å². The van der Waals surface area contributed by atoms with Crippen molar-refractivity contribution in [3.05, 3.63) is 29.6 Å². The molecule has 0 saturated carbocycles. The Bertz CT molecular complexity index is 352. The summed E-state index contributed by atoms with van der Waals surface area (Å²) in [4.78, 5) is 14.6. The van der Waals surface area contributed by atoms with Gasteiger partial charge in [-0.3, -0.25) is 10.2 Å². The van der Waals surface area contributed by atoms with Gasteiger partial charge in [0.25, 0.3) is 0 Å². The minimum Gasteiger partial charge on any atom is -0.463 e. The van der Waals surface area contributed by atoms with E-state index >= 15 is 0 Å². The van der Waals surface area contributed by atoms with Crippen molar-refractivity contribution in [1.82, 2.24) is 10.0 Å². The van der Waals surface area contributed by atoms with Gasteiger partial charge < -0.3 is 10.2 Å². The van der Waals surface area contributed by atoms with Crippen molar-refractivity contribution in [2.24, 2.45) is 0 Å². The Labute approximate surface area is 92.7 Å². The molecule has 1 rings (SSSR count). The summed E-state index contributed by atoms with van der Waals surface area (Å²) in [6, 6.07) is 2.60. The minimum atomic E-state index is -1.46. The zero-order valence-corrected chi connectivity index (χ0v) is 8.87. The van der Waals surface area contributed by atoms with Crippen LogP contribution in [0.3, 0.4) is 0 Å². The molecular formula is C10H14N2O4. The van der Waals surface area contributed by atoms with Crippen LogP contribution in [0.15, 0.2) is 18.3 Å². The Morgan fingerprint density at radius 3 is 2.69 bits per heavy atom. The summed E-state index contributed by atoms with van der Waals surface area (Å²) >= 11 is 0. The predicted molar refractivity (Wildman–Crippen MR) is 55.1 cm³/mol. The molecule has 0 radical (unpaired) electrons. The molecule has 0 spiro atoms. The van der Waals surface area contributed by atoms with E-state index in [2.05, 4.69) is 4.98 Å². The van der Waals surface area contributed by atoms with Crippen molar-refractivity contribution in [1.29, 1.82) is 0 Å². The van der Waals surface area contributed by atoms with Crippen LogP contribution in [0.4, 0.5) is 4.79 Å². The Morgan fingerprint density at radius 2 is 2.25 bits per heavy atom. The van der Waals surface area contributed by atoms with E-state index in [0.29, 0.717) is 5.56 Å². The number of pyridine rings is 1. The number of carboxylic acid groups (broad SMARTS) is 1. The first kappa shape index (κ1) is 12.4. The van der Waals surface area contributed by atoms with Gasteiger partial charge in [0.15, 0.2) is 0 Å². The van der Waals surface area contributed by atoms with Crippen LogP contribution in [0.1, 0.15) is 23.7 Å². The van der Waals surface area contributed by atoms with Crippen LogP contribution in [0.25, 0.3) is 0 Å². The summed E-state index contributed by atoms with van der Waals surface area (Å²) in [5, 5.41) is 27.0. The van der Waals surface area contributed by atoms with Crippen LogP contribution in [0.5, 0.6) is 0 Å². The number of hydrogen-bond donors (Lipinski definition) is 3. The molecule has 0 fully saturated rings. The molecular weight excluding hydrogens is 212 g/mol. The van der Waals surface area contributed by atoms with Crippen LogP contribution in [0.2, 0.25) is 0 Å². The summed E-state index contributed by atoms with van der Waals surface area (Å²) in [6.07, 6.45) is 0.147. The average Bonchev–Trinajstić information content (AvgIpc) is 2.26. The van der Waals surface area contributed by atoms with E-state index in [9.17, 15) is 10.0 Å². The molecule has 1 heterocycles. The van der Waals surface area contributed by atoms with Gasteiger partial charge in [0, 0.05) is 18.5 Å². The van der Waals surface area contributed by atoms with Crippen molar-refractivity contribution in [3.8, 4) is 0 Å². The van der Waals surface area contributed by atoms with Crippen LogP contribution < -0.4 is 0 Å². The second kappa shape index (κ2) is 5.43. The monoisotopic (exact) mass is 226 g/mol. The van der Waals surface area contributed by atoms with Crippen molar-refractivity contribution in [2.45, 2.75) is 19.4 Å². The molecule has 88 valence electrons. The predicted octanol–water partition coefficient (Wildman–Crippen LogP) is 1.18. The smallest absolute Gasteiger partial charge is 0.431 e. The van der Waals surface area contributed by atoms with Gasteiger partial charge in [0.05, 0.1) is 6.04 Å². The highest BCUT2D eigenvalue weighted by Crippen LogP contribution is 2.22. The first-order valence-electron chi connectivity index (χ1n) is 4.80. The summed E-state index contributed by atoms with van der Waals surface area (Å²) < 4.78 is 0. The van der Waals surface area contributed by atoms with Gasteiger partial charge in [-0.05, 0) is 25.0 Å². The van der Waals surface area contributed by atoms with Crippen LogP contribution in [0, 0.1) is 6.92 Å². The number of carbonyl (C=O) groups is 1. The summed E-state index contributed by atoms with van der Waals surface area (Å²) in [6.45, 7) is 1.58. The summed E-state index contributed by atoms with van der Waals surface area (Å²) in [5.41, 5.74) is 1.34. The third kappa shape index (κ3) is 2.91. The second-order valence-electron chi connectivity index (χ2n) is 3.39. The standard InChI is InChI=1S/C10H14N2O4/c1-7-2-3-8(6-11-7)9(4-5-13)12(16)10(14)15/h2-3,6,9,13,16H,4-5H2,1H3,(H,14,15)/t9-/m0/s1. The Kier molecular flexibility index (Phi) is 4.21. The number of aromatic nitrogens is 1. The number of amides is 1. The number of aliphatic hydroxyl groups is 1. The molecule has 16 heavy (non-hydrogen) atoms. The molecule has 6 heteroatoms. The van der Waals surface area contributed by atoms with E-state index in [1.54, 1.807) is 19.1 Å². The van der Waals surface area contributed by atoms with E-state index in [1.807, 2.05) is 0 Å². The fourth-order valence-electron chi connectivity index (χ4n) is 1.36. The van der Waals surface area contributed by atoms with E-state index in [1.165, 1.54) is 6.20 Å². The van der Waals surface area contributed by atoms with E-state index in [0.717, 1.165) is 5.69 Å². The number of rotatable bonds is 4. The maximum absolute atomic E-state index is 10.6. The van der Waals surface area contributed by atoms with Gasteiger partial charge in [0.1, 0.15) is 0 Å². The lowest BCUT2D eigenvalue weighted by atomic mass is 10.1. The SMILES string of the molecule is Cc1ccc([C@H](CCO)N(O)C(=O)O)cn1. The van der Waals surface area contributed by atoms with E-state index < -0.39 is 12.1 Å². The van der Waals surface area contributed by atoms with Gasteiger partial charge in [-0.1, -0.05) is 6.07 Å².